The number of carboxylic acid groups (broad SMARTS) is 4. The molecule has 0 aromatic rings. The highest BCUT2D eigenvalue weighted by molar-refractivity contribution is 5.88. The van der Waals surface area contributed by atoms with Gasteiger partial charge in [-0.3, -0.25) is 14.4 Å². The Kier molecular flexibility index (Phi) is 25.3. The fourth-order valence-electron chi connectivity index (χ4n) is 0.304. The van der Waals surface area contributed by atoms with Gasteiger partial charge >= 0.3 is 17.9 Å². The van der Waals surface area contributed by atoms with E-state index in [1.807, 2.05) is 0 Å². The quantitative estimate of drug-likeness (QED) is 0.354. The van der Waals surface area contributed by atoms with Crippen LogP contribution in [-0.2, 0) is 19.2 Å². The van der Waals surface area contributed by atoms with Crippen molar-refractivity contribution in [2.45, 2.75) is 32.8 Å². The van der Waals surface area contributed by atoms with Crippen molar-refractivity contribution in [1.82, 2.24) is 0 Å². The number of hydrogen-bond acceptors (Lipinski definition) is 6. The maximum absolute atomic E-state index is 9.68. The molecule has 0 aromatic heterocycles. The third-order valence-corrected chi connectivity index (χ3v) is 0.974. The standard InChI is InChI=1S/C4H8O3.C3H4O4.C2H4O2.CH4O/c1-2-3(5)4(6)7;4-2(5)1-3(6)7;1-2(3)4;1-2/h3,5H,2H2,1H3,(H,6,7);1H2,(H,4,5)(H,6,7);1H3,(H,3,4);2H,1H3. The van der Waals surface area contributed by atoms with Crippen molar-refractivity contribution in [3.05, 3.63) is 0 Å². The van der Waals surface area contributed by atoms with Crippen LogP contribution in [-0.4, -0.2) is 67.7 Å². The second kappa shape index (κ2) is 19.1. The Morgan fingerprint density at radius 2 is 1.15 bits per heavy atom. The highest BCUT2D eigenvalue weighted by atomic mass is 16.4. The van der Waals surface area contributed by atoms with Crippen molar-refractivity contribution in [3.63, 3.8) is 0 Å². The van der Waals surface area contributed by atoms with E-state index in [1.54, 1.807) is 6.92 Å². The molecular formula is C10H20O10. The monoisotopic (exact) mass is 300 g/mol. The molecule has 0 radical (unpaired) electrons. The van der Waals surface area contributed by atoms with Crippen molar-refractivity contribution >= 4 is 23.9 Å². The van der Waals surface area contributed by atoms with Gasteiger partial charge in [-0.2, -0.15) is 0 Å². The van der Waals surface area contributed by atoms with E-state index in [2.05, 4.69) is 0 Å². The van der Waals surface area contributed by atoms with Crippen molar-refractivity contribution in [1.29, 1.82) is 0 Å². The summed E-state index contributed by atoms with van der Waals surface area (Å²) in [5.41, 5.74) is 0. The van der Waals surface area contributed by atoms with Crippen molar-refractivity contribution in [2.75, 3.05) is 7.11 Å². The van der Waals surface area contributed by atoms with E-state index in [4.69, 9.17) is 35.4 Å². The number of carboxylic acids is 4. The third-order valence-electron chi connectivity index (χ3n) is 0.974. The van der Waals surface area contributed by atoms with Crippen LogP contribution in [0.3, 0.4) is 0 Å². The van der Waals surface area contributed by atoms with Crippen LogP contribution < -0.4 is 0 Å². The molecule has 0 aromatic carbocycles. The molecule has 1 atom stereocenters. The number of aliphatic hydroxyl groups is 2. The summed E-state index contributed by atoms with van der Waals surface area (Å²) in [5.74, 6) is -4.61. The Bertz CT molecular complexity index is 270. The van der Waals surface area contributed by atoms with Crippen LogP contribution in [0.2, 0.25) is 0 Å². The summed E-state index contributed by atoms with van der Waals surface area (Å²) in [5, 5.41) is 46.1. The van der Waals surface area contributed by atoms with Gasteiger partial charge in [0, 0.05) is 14.0 Å². The molecule has 10 nitrogen and oxygen atoms in total. The minimum Gasteiger partial charge on any atom is -0.481 e. The van der Waals surface area contributed by atoms with Crippen LogP contribution in [0.15, 0.2) is 0 Å². The van der Waals surface area contributed by atoms with Crippen molar-refractivity contribution in [3.8, 4) is 0 Å². The fraction of sp³-hybridized carbons (Fsp3) is 0.600. The summed E-state index contributed by atoms with van der Waals surface area (Å²) in [4.78, 5) is 37.5. The minimum atomic E-state index is -1.31. The molecule has 0 aliphatic rings. The van der Waals surface area contributed by atoms with E-state index in [0.29, 0.717) is 0 Å². The zero-order chi connectivity index (χ0) is 17.3. The maximum Gasteiger partial charge on any atom is 0.332 e. The normalized spacial score (nSPS) is 9.05. The summed E-state index contributed by atoms with van der Waals surface area (Å²) in [6.45, 7) is 2.69. The molecule has 0 heterocycles. The Morgan fingerprint density at radius 1 is 0.900 bits per heavy atom. The van der Waals surface area contributed by atoms with Gasteiger partial charge in [-0.05, 0) is 6.42 Å². The van der Waals surface area contributed by atoms with Gasteiger partial charge in [0.1, 0.15) is 6.42 Å². The zero-order valence-electron chi connectivity index (χ0n) is 11.3. The van der Waals surface area contributed by atoms with Crippen LogP contribution in [0.4, 0.5) is 0 Å². The lowest BCUT2D eigenvalue weighted by molar-refractivity contribution is -0.148. The van der Waals surface area contributed by atoms with Gasteiger partial charge in [0.25, 0.3) is 5.97 Å². The van der Waals surface area contributed by atoms with Crippen LogP contribution in [0.1, 0.15) is 26.7 Å². The average molecular weight is 300 g/mol. The topological polar surface area (TPSA) is 190 Å². The first-order valence-corrected chi connectivity index (χ1v) is 5.03. The van der Waals surface area contributed by atoms with Gasteiger partial charge < -0.3 is 30.6 Å². The predicted molar refractivity (Wildman–Crippen MR) is 65.3 cm³/mol. The summed E-state index contributed by atoms with van der Waals surface area (Å²) in [7, 11) is 1.00. The maximum atomic E-state index is 9.68. The van der Waals surface area contributed by atoms with Gasteiger partial charge in [-0.1, -0.05) is 6.92 Å². The molecule has 20 heavy (non-hydrogen) atoms. The molecule has 0 fully saturated rings. The van der Waals surface area contributed by atoms with Gasteiger partial charge in [-0.15, -0.1) is 0 Å². The van der Waals surface area contributed by atoms with E-state index in [9.17, 15) is 14.4 Å². The summed E-state index contributed by atoms with van der Waals surface area (Å²) in [6, 6.07) is 0. The first kappa shape index (κ1) is 26.4. The predicted octanol–water partition coefficient (Wildman–Crippen LogP) is -0.913. The number of rotatable bonds is 4. The number of carbonyl (C=O) groups is 4. The van der Waals surface area contributed by atoms with E-state index in [-0.39, 0.29) is 6.42 Å². The smallest absolute Gasteiger partial charge is 0.332 e. The van der Waals surface area contributed by atoms with E-state index in [0.717, 1.165) is 14.0 Å². The van der Waals surface area contributed by atoms with Gasteiger partial charge in [0.15, 0.2) is 6.10 Å². The number of hydrogen-bond donors (Lipinski definition) is 6. The van der Waals surface area contributed by atoms with Gasteiger partial charge in [0.05, 0.1) is 0 Å². The molecule has 0 spiro atoms. The molecule has 6 N–H and O–H groups in total. The number of aliphatic hydroxyl groups excluding tert-OH is 2. The molecule has 10 heteroatoms. The van der Waals surface area contributed by atoms with Crippen molar-refractivity contribution < 1.29 is 49.8 Å². The third kappa shape index (κ3) is 56.9. The average Bonchev–Trinajstić information content (AvgIpc) is 2.28. The molecule has 0 aliphatic carbocycles. The molecule has 0 rings (SSSR count). The van der Waals surface area contributed by atoms with Gasteiger partial charge in [-0.25, -0.2) is 4.79 Å². The lowest BCUT2D eigenvalue weighted by Crippen LogP contribution is -2.17. The van der Waals surface area contributed by atoms with E-state index in [1.165, 1.54) is 0 Å². The summed E-state index contributed by atoms with van der Waals surface area (Å²) >= 11 is 0. The van der Waals surface area contributed by atoms with Crippen LogP contribution in [0.5, 0.6) is 0 Å². The minimum absolute atomic E-state index is 0.273. The first-order valence-electron chi connectivity index (χ1n) is 5.03. The molecule has 0 saturated carbocycles. The zero-order valence-corrected chi connectivity index (χ0v) is 11.3. The highest BCUT2D eigenvalue weighted by Crippen LogP contribution is 1.86. The summed E-state index contributed by atoms with van der Waals surface area (Å²) in [6.07, 6.45) is -1.71. The molecule has 0 amide bonds. The molecule has 0 bridgehead atoms. The lowest BCUT2D eigenvalue weighted by Gasteiger charge is -1.95. The second-order valence-corrected chi connectivity index (χ2v) is 2.75. The molecular weight excluding hydrogens is 280 g/mol. The molecule has 1 unspecified atom stereocenters. The Balaban J connectivity index is -0.0000000933. The molecule has 120 valence electrons. The van der Waals surface area contributed by atoms with Crippen molar-refractivity contribution in [2.24, 2.45) is 0 Å². The number of aliphatic carboxylic acids is 4. The van der Waals surface area contributed by atoms with E-state index >= 15 is 0 Å². The first-order chi connectivity index (χ1) is 9.04. The van der Waals surface area contributed by atoms with Crippen LogP contribution in [0.25, 0.3) is 0 Å². The Hall–Kier alpha value is -2.20. The Morgan fingerprint density at radius 3 is 1.15 bits per heavy atom. The fourth-order valence-corrected chi connectivity index (χ4v) is 0.304. The molecule has 0 saturated heterocycles. The molecule has 0 aliphatic heterocycles. The Labute approximate surface area is 114 Å². The van der Waals surface area contributed by atoms with E-state index < -0.39 is 36.4 Å². The highest BCUT2D eigenvalue weighted by Gasteiger charge is 2.07. The van der Waals surface area contributed by atoms with Gasteiger partial charge in [0.2, 0.25) is 0 Å². The second-order valence-electron chi connectivity index (χ2n) is 2.75. The largest absolute Gasteiger partial charge is 0.481 e. The lowest BCUT2D eigenvalue weighted by atomic mass is 10.3. The summed E-state index contributed by atoms with van der Waals surface area (Å²) < 4.78 is 0. The van der Waals surface area contributed by atoms with Crippen LogP contribution >= 0.6 is 0 Å². The SMILES string of the molecule is CC(=O)O.CCC(O)C(=O)O.CO.O=C(O)CC(=O)O. The van der Waals surface area contributed by atoms with Crippen LogP contribution in [0, 0.1) is 0 Å².